The third-order valence-electron chi connectivity index (χ3n) is 5.04. The molecular formula is C20H28N4O3S3. The van der Waals surface area contributed by atoms with Crippen molar-refractivity contribution in [3.63, 3.8) is 0 Å². The van der Waals surface area contributed by atoms with Gasteiger partial charge in [0.25, 0.3) is 16.1 Å². The van der Waals surface area contributed by atoms with E-state index in [1.54, 1.807) is 28.0 Å². The first-order valence-corrected chi connectivity index (χ1v) is 13.3. The SMILES string of the molecule is CCN(CC)S(=O)(=O)N1CCN(C(=O)c2ccc(CSc3nc(C)cs3)cc2)CC1. The number of aromatic nitrogens is 1. The lowest BCUT2D eigenvalue weighted by Gasteiger charge is -2.36. The number of thiazole rings is 1. The molecular weight excluding hydrogens is 440 g/mol. The number of amides is 1. The molecule has 0 N–H and O–H groups in total. The van der Waals surface area contributed by atoms with E-state index in [1.807, 2.05) is 50.4 Å². The average molecular weight is 469 g/mol. The fraction of sp³-hybridized carbons (Fsp3) is 0.500. The van der Waals surface area contributed by atoms with Crippen molar-refractivity contribution in [3.05, 3.63) is 46.5 Å². The quantitative estimate of drug-likeness (QED) is 0.557. The van der Waals surface area contributed by atoms with Crippen molar-refractivity contribution in [2.45, 2.75) is 30.9 Å². The van der Waals surface area contributed by atoms with Gasteiger partial charge in [0.2, 0.25) is 0 Å². The molecule has 10 heteroatoms. The Morgan fingerprint density at radius 2 is 1.77 bits per heavy atom. The number of piperazine rings is 1. The molecule has 2 aromatic rings. The van der Waals surface area contributed by atoms with E-state index in [9.17, 15) is 13.2 Å². The second-order valence-electron chi connectivity index (χ2n) is 7.02. The molecule has 1 aromatic heterocycles. The highest BCUT2D eigenvalue weighted by Gasteiger charge is 2.32. The highest BCUT2D eigenvalue weighted by molar-refractivity contribution is 8.00. The molecule has 7 nitrogen and oxygen atoms in total. The van der Waals surface area contributed by atoms with Crippen LogP contribution in [0.2, 0.25) is 0 Å². The Bertz CT molecular complexity index is 948. The van der Waals surface area contributed by atoms with Crippen molar-refractivity contribution in [1.82, 2.24) is 18.5 Å². The molecule has 0 unspecified atom stereocenters. The summed E-state index contributed by atoms with van der Waals surface area (Å²) in [7, 11) is -3.45. The first-order valence-electron chi connectivity index (χ1n) is 10.0. The molecule has 0 atom stereocenters. The van der Waals surface area contributed by atoms with Gasteiger partial charge in [-0.2, -0.15) is 17.0 Å². The minimum Gasteiger partial charge on any atom is -0.336 e. The summed E-state index contributed by atoms with van der Waals surface area (Å²) in [6, 6.07) is 7.65. The van der Waals surface area contributed by atoms with Crippen LogP contribution >= 0.6 is 23.1 Å². The Hall–Kier alpha value is -1.46. The van der Waals surface area contributed by atoms with Crippen molar-refractivity contribution in [3.8, 4) is 0 Å². The van der Waals surface area contributed by atoms with Gasteiger partial charge in [-0.15, -0.1) is 11.3 Å². The Labute approximate surface area is 187 Å². The maximum atomic E-state index is 12.8. The summed E-state index contributed by atoms with van der Waals surface area (Å²) in [6.07, 6.45) is 0. The summed E-state index contributed by atoms with van der Waals surface area (Å²) in [6.45, 7) is 8.01. The highest BCUT2D eigenvalue weighted by Crippen LogP contribution is 2.26. The third kappa shape index (κ3) is 5.42. The zero-order valence-corrected chi connectivity index (χ0v) is 20.0. The Kier molecular flexibility index (Phi) is 7.92. The van der Waals surface area contributed by atoms with Crippen LogP contribution in [0.1, 0.15) is 35.5 Å². The first-order chi connectivity index (χ1) is 14.3. The van der Waals surface area contributed by atoms with Gasteiger partial charge in [-0.1, -0.05) is 37.7 Å². The van der Waals surface area contributed by atoms with E-state index in [2.05, 4.69) is 4.98 Å². The predicted octanol–water partition coefficient (Wildman–Crippen LogP) is 3.09. The van der Waals surface area contributed by atoms with E-state index in [0.717, 1.165) is 21.3 Å². The lowest BCUT2D eigenvalue weighted by Crippen LogP contribution is -2.54. The van der Waals surface area contributed by atoms with Crippen molar-refractivity contribution in [2.75, 3.05) is 39.3 Å². The summed E-state index contributed by atoms with van der Waals surface area (Å²) in [5.41, 5.74) is 2.81. The molecule has 1 aliphatic heterocycles. The summed E-state index contributed by atoms with van der Waals surface area (Å²) in [4.78, 5) is 19.0. The fourth-order valence-corrected chi connectivity index (χ4v) is 6.71. The molecule has 0 saturated carbocycles. The summed E-state index contributed by atoms with van der Waals surface area (Å²) < 4.78 is 29.3. The Morgan fingerprint density at radius 1 is 1.13 bits per heavy atom. The molecule has 1 amide bonds. The maximum Gasteiger partial charge on any atom is 0.282 e. The minimum atomic E-state index is -3.45. The van der Waals surface area contributed by atoms with Crippen LogP contribution in [0.3, 0.4) is 0 Å². The molecule has 30 heavy (non-hydrogen) atoms. The fourth-order valence-electron chi connectivity index (χ4n) is 3.30. The Morgan fingerprint density at radius 3 is 2.30 bits per heavy atom. The van der Waals surface area contributed by atoms with E-state index in [1.165, 1.54) is 8.61 Å². The number of hydrogen-bond donors (Lipinski definition) is 0. The van der Waals surface area contributed by atoms with Crippen molar-refractivity contribution < 1.29 is 13.2 Å². The van der Waals surface area contributed by atoms with Gasteiger partial charge < -0.3 is 4.90 Å². The molecule has 0 aliphatic carbocycles. The predicted molar refractivity (Wildman–Crippen MR) is 122 cm³/mol. The minimum absolute atomic E-state index is 0.0513. The molecule has 1 aromatic carbocycles. The Balaban J connectivity index is 1.54. The van der Waals surface area contributed by atoms with Crippen LogP contribution in [0.5, 0.6) is 0 Å². The topological polar surface area (TPSA) is 73.8 Å². The van der Waals surface area contributed by atoms with Crippen LogP contribution in [0, 0.1) is 6.92 Å². The smallest absolute Gasteiger partial charge is 0.282 e. The molecule has 3 rings (SSSR count). The van der Waals surface area contributed by atoms with Gasteiger partial charge in [-0.05, 0) is 24.6 Å². The molecule has 1 aliphatic rings. The first kappa shape index (κ1) is 23.2. The average Bonchev–Trinajstić information content (AvgIpc) is 3.18. The van der Waals surface area contributed by atoms with Crippen LogP contribution in [0.25, 0.3) is 0 Å². The van der Waals surface area contributed by atoms with Gasteiger partial charge in [0.05, 0.1) is 0 Å². The maximum absolute atomic E-state index is 12.8. The number of carbonyl (C=O) groups excluding carboxylic acids is 1. The number of carbonyl (C=O) groups is 1. The number of aryl methyl sites for hydroxylation is 1. The number of rotatable bonds is 8. The molecule has 0 spiro atoms. The standard InChI is InChI=1S/C20H28N4O3S3/c1-4-23(5-2)30(26,27)24-12-10-22(11-13-24)19(25)18-8-6-17(7-9-18)15-29-20-21-16(3)14-28-20/h6-9,14H,4-5,10-13,15H2,1-3H3. The number of benzene rings is 1. The molecule has 1 saturated heterocycles. The monoisotopic (exact) mass is 468 g/mol. The van der Waals surface area contributed by atoms with Gasteiger partial charge >= 0.3 is 0 Å². The second-order valence-corrected chi connectivity index (χ2v) is 11.0. The summed E-state index contributed by atoms with van der Waals surface area (Å²) in [5.74, 6) is 0.758. The molecule has 0 radical (unpaired) electrons. The molecule has 1 fully saturated rings. The number of hydrogen-bond acceptors (Lipinski definition) is 6. The van der Waals surface area contributed by atoms with Crippen LogP contribution in [-0.2, 0) is 16.0 Å². The van der Waals surface area contributed by atoms with Crippen molar-refractivity contribution in [2.24, 2.45) is 0 Å². The van der Waals surface area contributed by atoms with Crippen LogP contribution in [0.15, 0.2) is 34.0 Å². The van der Waals surface area contributed by atoms with Gasteiger partial charge in [-0.3, -0.25) is 4.79 Å². The van der Waals surface area contributed by atoms with E-state index >= 15 is 0 Å². The van der Waals surface area contributed by atoms with Crippen molar-refractivity contribution >= 4 is 39.2 Å². The van der Waals surface area contributed by atoms with Gasteiger partial charge in [0.15, 0.2) is 0 Å². The van der Waals surface area contributed by atoms with Gasteiger partial charge in [0, 0.05) is 61.7 Å². The summed E-state index contributed by atoms with van der Waals surface area (Å²) >= 11 is 3.33. The normalized spacial score (nSPS) is 15.7. The lowest BCUT2D eigenvalue weighted by molar-refractivity contribution is 0.0694. The number of thioether (sulfide) groups is 1. The van der Waals surface area contributed by atoms with Crippen LogP contribution in [0.4, 0.5) is 0 Å². The van der Waals surface area contributed by atoms with E-state index in [-0.39, 0.29) is 5.91 Å². The lowest BCUT2D eigenvalue weighted by atomic mass is 10.1. The van der Waals surface area contributed by atoms with Crippen LogP contribution < -0.4 is 0 Å². The molecule has 2 heterocycles. The number of nitrogens with zero attached hydrogens (tertiary/aromatic N) is 4. The van der Waals surface area contributed by atoms with Crippen molar-refractivity contribution in [1.29, 1.82) is 0 Å². The third-order valence-corrected chi connectivity index (χ3v) is 9.44. The highest BCUT2D eigenvalue weighted by atomic mass is 32.2. The molecule has 164 valence electrons. The van der Waals surface area contributed by atoms with E-state index in [4.69, 9.17) is 0 Å². The largest absolute Gasteiger partial charge is 0.336 e. The molecule has 0 bridgehead atoms. The van der Waals surface area contributed by atoms with Gasteiger partial charge in [-0.25, -0.2) is 4.98 Å². The van der Waals surface area contributed by atoms with Gasteiger partial charge in [0.1, 0.15) is 4.34 Å². The van der Waals surface area contributed by atoms with E-state index < -0.39 is 10.2 Å². The second kappa shape index (κ2) is 10.2. The zero-order chi connectivity index (χ0) is 21.7. The van der Waals surface area contributed by atoms with E-state index in [0.29, 0.717) is 44.8 Å². The summed E-state index contributed by atoms with van der Waals surface area (Å²) in [5, 5.41) is 2.04. The van der Waals surface area contributed by atoms with Crippen LogP contribution in [-0.4, -0.2) is 72.1 Å². The zero-order valence-electron chi connectivity index (χ0n) is 17.6.